The van der Waals surface area contributed by atoms with Gasteiger partial charge >= 0.3 is 0 Å². The predicted octanol–water partition coefficient (Wildman–Crippen LogP) is 2.39. The van der Waals surface area contributed by atoms with E-state index in [0.717, 1.165) is 37.4 Å². The van der Waals surface area contributed by atoms with Gasteiger partial charge in [0, 0.05) is 19.6 Å². The molecule has 21 heavy (non-hydrogen) atoms. The lowest BCUT2D eigenvalue weighted by Crippen LogP contribution is -2.31. The fourth-order valence-electron chi connectivity index (χ4n) is 3.28. The Labute approximate surface area is 127 Å². The van der Waals surface area contributed by atoms with Gasteiger partial charge in [-0.3, -0.25) is 0 Å². The van der Waals surface area contributed by atoms with Gasteiger partial charge in [-0.05, 0) is 47.9 Å². The van der Waals surface area contributed by atoms with Crippen LogP contribution in [0.3, 0.4) is 0 Å². The summed E-state index contributed by atoms with van der Waals surface area (Å²) in [7, 11) is -3.37. The Hall–Kier alpha value is -0.910. The van der Waals surface area contributed by atoms with Crippen LogP contribution in [0.5, 0.6) is 0 Å². The van der Waals surface area contributed by atoms with Crippen molar-refractivity contribution in [3.8, 4) is 0 Å². The van der Waals surface area contributed by atoms with E-state index >= 15 is 0 Å². The molecule has 0 saturated heterocycles. The monoisotopic (exact) mass is 308 g/mol. The first-order valence-corrected chi connectivity index (χ1v) is 9.35. The zero-order valence-electron chi connectivity index (χ0n) is 12.6. The highest BCUT2D eigenvalue weighted by Crippen LogP contribution is 2.28. The summed E-state index contributed by atoms with van der Waals surface area (Å²) in [6.45, 7) is 4.45. The van der Waals surface area contributed by atoms with E-state index in [0.29, 0.717) is 17.4 Å². The van der Waals surface area contributed by atoms with Gasteiger partial charge < -0.3 is 5.32 Å². The van der Waals surface area contributed by atoms with Gasteiger partial charge in [-0.15, -0.1) is 0 Å². The molecule has 2 N–H and O–H groups in total. The average molecular weight is 308 g/mol. The molecule has 2 aliphatic rings. The molecule has 0 unspecified atom stereocenters. The predicted molar refractivity (Wildman–Crippen MR) is 83.3 cm³/mol. The van der Waals surface area contributed by atoms with Crippen LogP contribution in [0.1, 0.15) is 43.7 Å². The minimum absolute atomic E-state index is 0.397. The third-order valence-corrected chi connectivity index (χ3v) is 6.24. The molecular formula is C16H24N2O2S. The van der Waals surface area contributed by atoms with Crippen LogP contribution in [0, 0.1) is 11.8 Å². The van der Waals surface area contributed by atoms with E-state index in [2.05, 4.69) is 17.0 Å². The van der Waals surface area contributed by atoms with Crippen molar-refractivity contribution in [3.05, 3.63) is 29.3 Å². The maximum Gasteiger partial charge on any atom is 0.240 e. The molecule has 1 fully saturated rings. The van der Waals surface area contributed by atoms with E-state index in [4.69, 9.17) is 0 Å². The van der Waals surface area contributed by atoms with Crippen LogP contribution in [-0.4, -0.2) is 15.0 Å². The molecular weight excluding hydrogens is 284 g/mol. The SMILES string of the molecule is CC1CCC(CNS(=O)(=O)c2ccc3c(c2)CNC3)CC1. The summed E-state index contributed by atoms with van der Waals surface area (Å²) in [4.78, 5) is 0.397. The van der Waals surface area contributed by atoms with Crippen molar-refractivity contribution >= 4 is 10.0 Å². The van der Waals surface area contributed by atoms with Crippen molar-refractivity contribution < 1.29 is 8.42 Å². The Balaban J connectivity index is 1.64. The third-order valence-electron chi connectivity index (χ3n) is 4.82. The molecule has 0 atom stereocenters. The van der Waals surface area contributed by atoms with E-state index < -0.39 is 10.0 Å². The van der Waals surface area contributed by atoms with Crippen LogP contribution < -0.4 is 10.0 Å². The van der Waals surface area contributed by atoms with Crippen LogP contribution in [0.15, 0.2) is 23.1 Å². The fraction of sp³-hybridized carbons (Fsp3) is 0.625. The number of hydrogen-bond donors (Lipinski definition) is 2. The second kappa shape index (κ2) is 6.07. The van der Waals surface area contributed by atoms with Gasteiger partial charge in [0.1, 0.15) is 0 Å². The number of fused-ring (bicyclic) bond motifs is 1. The molecule has 0 aromatic heterocycles. The van der Waals surface area contributed by atoms with E-state index in [1.807, 2.05) is 6.07 Å². The highest BCUT2D eigenvalue weighted by Gasteiger charge is 2.22. The first kappa shape index (κ1) is 15.0. The number of nitrogens with one attached hydrogen (secondary N) is 2. The number of rotatable bonds is 4. The molecule has 5 heteroatoms. The lowest BCUT2D eigenvalue weighted by Gasteiger charge is -2.26. The van der Waals surface area contributed by atoms with Crippen molar-refractivity contribution in [2.45, 2.75) is 50.6 Å². The van der Waals surface area contributed by atoms with E-state index in [1.54, 1.807) is 12.1 Å². The second-order valence-electron chi connectivity index (χ2n) is 6.51. The van der Waals surface area contributed by atoms with Gasteiger partial charge in [0.15, 0.2) is 0 Å². The maximum absolute atomic E-state index is 12.4. The van der Waals surface area contributed by atoms with E-state index in [9.17, 15) is 8.42 Å². The lowest BCUT2D eigenvalue weighted by molar-refractivity contribution is 0.290. The molecule has 116 valence electrons. The molecule has 0 bridgehead atoms. The van der Waals surface area contributed by atoms with Crippen LogP contribution in [-0.2, 0) is 23.1 Å². The lowest BCUT2D eigenvalue weighted by atomic mass is 9.83. The smallest absolute Gasteiger partial charge is 0.240 e. The van der Waals surface area contributed by atoms with Crippen LogP contribution in [0.25, 0.3) is 0 Å². The summed E-state index contributed by atoms with van der Waals surface area (Å²) in [6.07, 6.45) is 4.71. The van der Waals surface area contributed by atoms with Gasteiger partial charge in [-0.25, -0.2) is 13.1 Å². The van der Waals surface area contributed by atoms with Crippen molar-refractivity contribution in [1.82, 2.24) is 10.0 Å². The van der Waals surface area contributed by atoms with Crippen molar-refractivity contribution in [2.24, 2.45) is 11.8 Å². The summed E-state index contributed by atoms with van der Waals surface area (Å²) in [5, 5.41) is 3.24. The zero-order chi connectivity index (χ0) is 14.9. The van der Waals surface area contributed by atoms with Gasteiger partial charge in [-0.1, -0.05) is 25.8 Å². The molecule has 3 rings (SSSR count). The Kier molecular flexibility index (Phi) is 4.33. The molecule has 1 aliphatic carbocycles. The third kappa shape index (κ3) is 3.47. The molecule has 1 saturated carbocycles. The Morgan fingerprint density at radius 1 is 1.14 bits per heavy atom. The highest BCUT2D eigenvalue weighted by molar-refractivity contribution is 7.89. The highest BCUT2D eigenvalue weighted by atomic mass is 32.2. The second-order valence-corrected chi connectivity index (χ2v) is 8.28. The molecule has 1 heterocycles. The number of hydrogen-bond acceptors (Lipinski definition) is 3. The molecule has 1 aromatic carbocycles. The first-order chi connectivity index (χ1) is 10.0. The van der Waals surface area contributed by atoms with Crippen molar-refractivity contribution in [3.63, 3.8) is 0 Å². The first-order valence-electron chi connectivity index (χ1n) is 7.87. The van der Waals surface area contributed by atoms with Gasteiger partial charge in [-0.2, -0.15) is 0 Å². The minimum atomic E-state index is -3.37. The topological polar surface area (TPSA) is 58.2 Å². The Morgan fingerprint density at radius 3 is 2.62 bits per heavy atom. The number of sulfonamides is 1. The largest absolute Gasteiger partial charge is 0.309 e. The quantitative estimate of drug-likeness (QED) is 0.898. The van der Waals surface area contributed by atoms with Crippen molar-refractivity contribution in [2.75, 3.05) is 6.54 Å². The van der Waals surface area contributed by atoms with Gasteiger partial charge in [0.2, 0.25) is 10.0 Å². The van der Waals surface area contributed by atoms with Crippen LogP contribution in [0.2, 0.25) is 0 Å². The zero-order valence-corrected chi connectivity index (χ0v) is 13.4. The van der Waals surface area contributed by atoms with Crippen LogP contribution in [0.4, 0.5) is 0 Å². The molecule has 1 aliphatic heterocycles. The molecule has 0 spiro atoms. The summed E-state index contributed by atoms with van der Waals surface area (Å²) >= 11 is 0. The Bertz CT molecular complexity index is 605. The number of benzene rings is 1. The average Bonchev–Trinajstić information content (AvgIpc) is 2.94. The van der Waals surface area contributed by atoms with Gasteiger partial charge in [0.05, 0.1) is 4.90 Å². The minimum Gasteiger partial charge on any atom is -0.309 e. The summed E-state index contributed by atoms with van der Waals surface area (Å²) < 4.78 is 27.6. The molecule has 0 amide bonds. The van der Waals surface area contributed by atoms with Gasteiger partial charge in [0.25, 0.3) is 0 Å². The molecule has 1 aromatic rings. The standard InChI is InChI=1S/C16H24N2O2S/c1-12-2-4-13(5-3-12)9-18-21(19,20)16-7-6-14-10-17-11-15(14)8-16/h6-8,12-13,17-18H,2-5,9-11H2,1H3. The van der Waals surface area contributed by atoms with Crippen molar-refractivity contribution in [1.29, 1.82) is 0 Å². The van der Waals surface area contributed by atoms with Crippen LogP contribution >= 0.6 is 0 Å². The summed E-state index contributed by atoms with van der Waals surface area (Å²) in [5.74, 6) is 1.29. The summed E-state index contributed by atoms with van der Waals surface area (Å²) in [5.41, 5.74) is 2.31. The maximum atomic E-state index is 12.4. The van der Waals surface area contributed by atoms with E-state index in [-0.39, 0.29) is 0 Å². The van der Waals surface area contributed by atoms with E-state index in [1.165, 1.54) is 18.4 Å². The molecule has 0 radical (unpaired) electrons. The Morgan fingerprint density at radius 2 is 1.86 bits per heavy atom. The summed E-state index contributed by atoms with van der Waals surface area (Å²) in [6, 6.07) is 5.45. The fourth-order valence-corrected chi connectivity index (χ4v) is 4.45. The normalized spacial score (nSPS) is 25.8. The molecule has 4 nitrogen and oxygen atoms in total.